The van der Waals surface area contributed by atoms with E-state index in [4.69, 9.17) is 5.11 Å². The smallest absolute Gasteiger partial charge is 0.303 e. The van der Waals surface area contributed by atoms with E-state index in [0.29, 0.717) is 6.54 Å². The summed E-state index contributed by atoms with van der Waals surface area (Å²) in [6, 6.07) is 1.95. The molecule has 0 aromatic carbocycles. The summed E-state index contributed by atoms with van der Waals surface area (Å²) in [4.78, 5) is 21.8. The Kier molecular flexibility index (Phi) is 4.98. The maximum atomic E-state index is 11.4. The predicted octanol–water partition coefficient (Wildman–Crippen LogP) is 1.87. The predicted molar refractivity (Wildman–Crippen MR) is 62.2 cm³/mol. The molecule has 0 fully saturated rings. The van der Waals surface area contributed by atoms with Crippen molar-refractivity contribution in [1.82, 2.24) is 5.32 Å². The van der Waals surface area contributed by atoms with Crippen molar-refractivity contribution in [2.75, 3.05) is 0 Å². The monoisotopic (exact) mass is 241 g/mol. The number of carbonyl (C=O) groups is 2. The molecule has 0 bridgehead atoms. The Bertz CT molecular complexity index is 348. The largest absolute Gasteiger partial charge is 0.481 e. The number of carboxylic acids is 1. The third kappa shape index (κ3) is 4.93. The van der Waals surface area contributed by atoms with Crippen molar-refractivity contribution in [1.29, 1.82) is 0 Å². The molecule has 0 aliphatic heterocycles. The first-order valence-electron chi connectivity index (χ1n) is 5.07. The fraction of sp³-hybridized carbons (Fsp3) is 0.455. The van der Waals surface area contributed by atoms with E-state index in [1.54, 1.807) is 18.3 Å². The number of aliphatic carboxylic acids is 1. The van der Waals surface area contributed by atoms with Gasteiger partial charge in [-0.15, -0.1) is 0 Å². The lowest BCUT2D eigenvalue weighted by molar-refractivity contribution is -0.138. The fourth-order valence-corrected chi connectivity index (χ4v) is 2.02. The van der Waals surface area contributed by atoms with Gasteiger partial charge in [-0.25, -0.2) is 0 Å². The third-order valence-electron chi connectivity index (χ3n) is 2.13. The zero-order chi connectivity index (χ0) is 12.0. The van der Waals surface area contributed by atoms with E-state index in [-0.39, 0.29) is 24.7 Å². The van der Waals surface area contributed by atoms with Crippen LogP contribution in [0.5, 0.6) is 0 Å². The number of thiophene rings is 1. The lowest BCUT2D eigenvalue weighted by atomic mass is 10.0. The first-order chi connectivity index (χ1) is 7.58. The van der Waals surface area contributed by atoms with Gasteiger partial charge in [-0.05, 0) is 28.3 Å². The number of carboxylic acid groups (broad SMARTS) is 1. The van der Waals surface area contributed by atoms with Gasteiger partial charge < -0.3 is 10.4 Å². The Labute approximate surface area is 98.3 Å². The van der Waals surface area contributed by atoms with Crippen LogP contribution >= 0.6 is 11.3 Å². The van der Waals surface area contributed by atoms with E-state index < -0.39 is 5.97 Å². The quantitative estimate of drug-likeness (QED) is 0.799. The first kappa shape index (κ1) is 12.7. The summed E-state index contributed by atoms with van der Waals surface area (Å²) in [7, 11) is 0. The summed E-state index contributed by atoms with van der Waals surface area (Å²) < 4.78 is 0. The standard InChI is InChI=1S/C11H15NO3S/c1-8(5-11(14)15)4-10(13)12-6-9-2-3-16-7-9/h2-3,7-8H,4-6H2,1H3,(H,12,13)(H,14,15). The van der Waals surface area contributed by atoms with Crippen LogP contribution in [0.25, 0.3) is 0 Å². The number of rotatable bonds is 6. The lowest BCUT2D eigenvalue weighted by Gasteiger charge is -2.08. The second kappa shape index (κ2) is 6.27. The minimum atomic E-state index is -0.863. The van der Waals surface area contributed by atoms with E-state index >= 15 is 0 Å². The van der Waals surface area contributed by atoms with E-state index in [9.17, 15) is 9.59 Å². The third-order valence-corrected chi connectivity index (χ3v) is 2.86. The molecule has 1 aromatic heterocycles. The molecule has 1 heterocycles. The highest BCUT2D eigenvalue weighted by atomic mass is 32.1. The Morgan fingerprint density at radius 3 is 2.81 bits per heavy atom. The van der Waals surface area contributed by atoms with E-state index in [0.717, 1.165) is 5.56 Å². The Morgan fingerprint density at radius 2 is 2.25 bits per heavy atom. The zero-order valence-corrected chi connectivity index (χ0v) is 9.92. The second-order valence-corrected chi connectivity index (χ2v) is 4.60. The molecule has 1 aromatic rings. The molecule has 0 aliphatic rings. The molecule has 2 N–H and O–H groups in total. The first-order valence-corrected chi connectivity index (χ1v) is 6.01. The summed E-state index contributed by atoms with van der Waals surface area (Å²) in [5.41, 5.74) is 1.07. The number of nitrogens with one attached hydrogen (secondary N) is 1. The van der Waals surface area contributed by atoms with Gasteiger partial charge in [0.25, 0.3) is 0 Å². The number of amides is 1. The summed E-state index contributed by atoms with van der Waals surface area (Å²) in [5.74, 6) is -1.09. The van der Waals surface area contributed by atoms with Crippen LogP contribution in [0.2, 0.25) is 0 Å². The molecule has 0 aliphatic carbocycles. The van der Waals surface area contributed by atoms with Crippen LogP contribution in [0.15, 0.2) is 16.8 Å². The van der Waals surface area contributed by atoms with Crippen molar-refractivity contribution in [2.24, 2.45) is 5.92 Å². The molecule has 5 heteroatoms. The SMILES string of the molecule is CC(CC(=O)O)CC(=O)NCc1ccsc1. The molecule has 1 amide bonds. The van der Waals surface area contributed by atoms with Crippen LogP contribution in [0, 0.1) is 5.92 Å². The number of hydrogen-bond donors (Lipinski definition) is 2. The maximum Gasteiger partial charge on any atom is 0.303 e. The van der Waals surface area contributed by atoms with Crippen LogP contribution in [0.3, 0.4) is 0 Å². The van der Waals surface area contributed by atoms with Crippen molar-refractivity contribution in [2.45, 2.75) is 26.3 Å². The van der Waals surface area contributed by atoms with Crippen molar-refractivity contribution in [3.05, 3.63) is 22.4 Å². The molecular weight excluding hydrogens is 226 g/mol. The highest BCUT2D eigenvalue weighted by molar-refractivity contribution is 7.07. The van der Waals surface area contributed by atoms with E-state index in [1.807, 2.05) is 16.8 Å². The Hall–Kier alpha value is -1.36. The van der Waals surface area contributed by atoms with Gasteiger partial charge in [0.2, 0.25) is 5.91 Å². The van der Waals surface area contributed by atoms with Crippen molar-refractivity contribution in [3.63, 3.8) is 0 Å². The fourth-order valence-electron chi connectivity index (χ4n) is 1.35. The summed E-state index contributed by atoms with van der Waals surface area (Å²) in [6.45, 7) is 2.28. The van der Waals surface area contributed by atoms with Crippen molar-refractivity contribution in [3.8, 4) is 0 Å². The minimum absolute atomic E-state index is 0.0336. The maximum absolute atomic E-state index is 11.4. The van der Waals surface area contributed by atoms with Crippen LogP contribution in [0.1, 0.15) is 25.3 Å². The molecule has 1 atom stereocenters. The number of hydrogen-bond acceptors (Lipinski definition) is 3. The molecule has 0 saturated heterocycles. The highest BCUT2D eigenvalue weighted by Gasteiger charge is 2.12. The Balaban J connectivity index is 2.23. The molecule has 1 unspecified atom stereocenters. The van der Waals surface area contributed by atoms with Crippen LogP contribution in [-0.4, -0.2) is 17.0 Å². The van der Waals surface area contributed by atoms with Crippen molar-refractivity contribution < 1.29 is 14.7 Å². The van der Waals surface area contributed by atoms with Gasteiger partial charge in [-0.3, -0.25) is 9.59 Å². The lowest BCUT2D eigenvalue weighted by Crippen LogP contribution is -2.24. The summed E-state index contributed by atoms with van der Waals surface area (Å²) in [6.07, 6.45) is 0.294. The molecule has 4 nitrogen and oxygen atoms in total. The van der Waals surface area contributed by atoms with Gasteiger partial charge in [-0.2, -0.15) is 11.3 Å². The van der Waals surface area contributed by atoms with Gasteiger partial charge in [0, 0.05) is 19.4 Å². The average molecular weight is 241 g/mol. The van der Waals surface area contributed by atoms with Gasteiger partial charge >= 0.3 is 5.97 Å². The molecule has 0 radical (unpaired) electrons. The van der Waals surface area contributed by atoms with Crippen LogP contribution in [-0.2, 0) is 16.1 Å². The highest BCUT2D eigenvalue weighted by Crippen LogP contribution is 2.08. The van der Waals surface area contributed by atoms with Gasteiger partial charge in [0.15, 0.2) is 0 Å². The van der Waals surface area contributed by atoms with Crippen LogP contribution < -0.4 is 5.32 Å². The van der Waals surface area contributed by atoms with E-state index in [2.05, 4.69) is 5.32 Å². The minimum Gasteiger partial charge on any atom is -0.481 e. The average Bonchev–Trinajstić information content (AvgIpc) is 2.65. The van der Waals surface area contributed by atoms with Gasteiger partial charge in [0.05, 0.1) is 0 Å². The normalized spacial score (nSPS) is 12.1. The Morgan fingerprint density at radius 1 is 1.50 bits per heavy atom. The molecule has 16 heavy (non-hydrogen) atoms. The zero-order valence-electron chi connectivity index (χ0n) is 9.10. The van der Waals surface area contributed by atoms with Crippen LogP contribution in [0.4, 0.5) is 0 Å². The summed E-state index contributed by atoms with van der Waals surface area (Å²) >= 11 is 1.58. The molecule has 88 valence electrons. The summed E-state index contributed by atoms with van der Waals surface area (Å²) in [5, 5.41) is 15.2. The molecular formula is C11H15NO3S. The van der Waals surface area contributed by atoms with E-state index in [1.165, 1.54) is 0 Å². The molecule has 0 saturated carbocycles. The van der Waals surface area contributed by atoms with Gasteiger partial charge in [0.1, 0.15) is 0 Å². The van der Waals surface area contributed by atoms with Gasteiger partial charge in [-0.1, -0.05) is 6.92 Å². The molecule has 1 rings (SSSR count). The second-order valence-electron chi connectivity index (χ2n) is 3.82. The number of carbonyl (C=O) groups excluding carboxylic acids is 1. The molecule has 0 spiro atoms. The topological polar surface area (TPSA) is 66.4 Å². The van der Waals surface area contributed by atoms with Crippen molar-refractivity contribution >= 4 is 23.2 Å².